The molecule has 0 fully saturated rings. The Morgan fingerprint density at radius 2 is 1.77 bits per heavy atom. The molecule has 0 heterocycles. The number of benzene rings is 3. The molecule has 0 saturated carbocycles. The van der Waals surface area contributed by atoms with Crippen molar-refractivity contribution in [1.82, 2.24) is 5.43 Å². The van der Waals surface area contributed by atoms with Crippen LogP contribution in [0.3, 0.4) is 0 Å². The molecule has 0 spiro atoms. The first-order valence-electron chi connectivity index (χ1n) is 9.18. The van der Waals surface area contributed by atoms with Crippen molar-refractivity contribution < 1.29 is 14.3 Å². The quantitative estimate of drug-likeness (QED) is 0.353. The normalized spacial score (nSPS) is 10.6. The van der Waals surface area contributed by atoms with Gasteiger partial charge in [0.05, 0.1) is 6.21 Å². The maximum atomic E-state index is 11.9. The Bertz CT molecular complexity index is 1070. The van der Waals surface area contributed by atoms with Gasteiger partial charge in [-0.3, -0.25) is 9.59 Å². The minimum absolute atomic E-state index is 0.396. The van der Waals surface area contributed by atoms with Crippen LogP contribution >= 0.6 is 11.6 Å². The molecule has 0 unspecified atom stereocenters. The number of carbonyl (C=O) groups is 2. The lowest BCUT2D eigenvalue weighted by molar-refractivity contribution is -0.136. The number of hydrazone groups is 1. The molecule has 7 heteroatoms. The second-order valence-corrected chi connectivity index (χ2v) is 6.95. The van der Waals surface area contributed by atoms with Gasteiger partial charge < -0.3 is 10.1 Å². The fraction of sp³-hybridized carbons (Fsp3) is 0.0870. The molecule has 2 N–H and O–H groups in total. The zero-order valence-electron chi connectivity index (χ0n) is 16.3. The average molecular weight is 422 g/mol. The van der Waals surface area contributed by atoms with Crippen LogP contribution in [0.1, 0.15) is 16.7 Å². The molecule has 30 heavy (non-hydrogen) atoms. The van der Waals surface area contributed by atoms with Crippen molar-refractivity contribution in [1.29, 1.82) is 0 Å². The van der Waals surface area contributed by atoms with Crippen LogP contribution < -0.4 is 15.5 Å². The number of hydrogen-bond donors (Lipinski definition) is 2. The highest BCUT2D eigenvalue weighted by Gasteiger charge is 2.12. The van der Waals surface area contributed by atoms with E-state index in [9.17, 15) is 9.59 Å². The summed E-state index contributed by atoms with van der Waals surface area (Å²) < 4.78 is 5.76. The van der Waals surface area contributed by atoms with E-state index >= 15 is 0 Å². The minimum atomic E-state index is -0.858. The molecule has 3 aromatic carbocycles. The Kier molecular flexibility index (Phi) is 7.19. The third-order valence-corrected chi connectivity index (χ3v) is 4.29. The van der Waals surface area contributed by atoms with Gasteiger partial charge in [-0.05, 0) is 60.0 Å². The molecule has 0 aliphatic heterocycles. The molecular weight excluding hydrogens is 402 g/mol. The van der Waals surface area contributed by atoms with Gasteiger partial charge in [0.2, 0.25) is 0 Å². The molecule has 0 aromatic heterocycles. The summed E-state index contributed by atoms with van der Waals surface area (Å²) in [6.45, 7) is 2.29. The highest BCUT2D eigenvalue weighted by Crippen LogP contribution is 2.16. The third-order valence-electron chi connectivity index (χ3n) is 4.04. The summed E-state index contributed by atoms with van der Waals surface area (Å²) in [5, 5.41) is 7.03. The van der Waals surface area contributed by atoms with Gasteiger partial charge in [-0.1, -0.05) is 48.0 Å². The minimum Gasteiger partial charge on any atom is -0.489 e. The fourth-order valence-corrected chi connectivity index (χ4v) is 2.68. The lowest BCUT2D eigenvalue weighted by Gasteiger charge is -2.07. The van der Waals surface area contributed by atoms with Crippen LogP contribution in [0.25, 0.3) is 0 Å². The van der Waals surface area contributed by atoms with Gasteiger partial charge in [0.15, 0.2) is 0 Å². The first kappa shape index (κ1) is 21.1. The summed E-state index contributed by atoms with van der Waals surface area (Å²) in [5.74, 6) is -1.00. The largest absolute Gasteiger partial charge is 0.489 e. The number of carbonyl (C=O) groups excluding carboxylic acids is 2. The van der Waals surface area contributed by atoms with Crippen LogP contribution in [0.5, 0.6) is 5.75 Å². The maximum absolute atomic E-state index is 11.9. The van der Waals surface area contributed by atoms with Crippen LogP contribution in [0.2, 0.25) is 5.02 Å². The van der Waals surface area contributed by atoms with E-state index in [1.165, 1.54) is 6.21 Å². The Hall–Kier alpha value is -3.64. The lowest BCUT2D eigenvalue weighted by Crippen LogP contribution is -2.32. The maximum Gasteiger partial charge on any atom is 0.329 e. The number of amides is 2. The average Bonchev–Trinajstić information content (AvgIpc) is 2.73. The second kappa shape index (κ2) is 10.2. The van der Waals surface area contributed by atoms with Gasteiger partial charge in [0, 0.05) is 10.7 Å². The Morgan fingerprint density at radius 3 is 2.53 bits per heavy atom. The molecule has 0 bridgehead atoms. The summed E-state index contributed by atoms with van der Waals surface area (Å²) in [7, 11) is 0. The van der Waals surface area contributed by atoms with Crippen molar-refractivity contribution in [2.24, 2.45) is 5.10 Å². The van der Waals surface area contributed by atoms with Gasteiger partial charge in [0.1, 0.15) is 12.4 Å². The van der Waals surface area contributed by atoms with Crippen molar-refractivity contribution >= 4 is 35.3 Å². The van der Waals surface area contributed by atoms with Crippen molar-refractivity contribution in [3.8, 4) is 5.75 Å². The van der Waals surface area contributed by atoms with Crippen molar-refractivity contribution in [3.05, 3.63) is 94.5 Å². The molecule has 0 aliphatic carbocycles. The molecule has 0 saturated heterocycles. The van der Waals surface area contributed by atoms with E-state index in [0.717, 1.165) is 11.1 Å². The molecule has 3 rings (SSSR count). The molecule has 0 radical (unpaired) electrons. The number of ether oxygens (including phenoxy) is 1. The van der Waals surface area contributed by atoms with Crippen molar-refractivity contribution in [3.63, 3.8) is 0 Å². The summed E-state index contributed by atoms with van der Waals surface area (Å²) in [6.07, 6.45) is 1.44. The van der Waals surface area contributed by atoms with E-state index in [0.29, 0.717) is 28.6 Å². The molecular formula is C23H20ClN3O3. The molecule has 0 aliphatic rings. The molecule has 152 valence electrons. The number of halogens is 1. The molecule has 0 atom stereocenters. The van der Waals surface area contributed by atoms with Gasteiger partial charge in [-0.15, -0.1) is 0 Å². The summed E-state index contributed by atoms with van der Waals surface area (Å²) in [6, 6.07) is 21.8. The third kappa shape index (κ3) is 6.46. The molecule has 6 nitrogen and oxygen atoms in total. The Morgan fingerprint density at radius 1 is 1.00 bits per heavy atom. The van der Waals surface area contributed by atoms with E-state index in [2.05, 4.69) is 15.8 Å². The molecule has 3 aromatic rings. The van der Waals surface area contributed by atoms with E-state index in [1.54, 1.807) is 42.5 Å². The van der Waals surface area contributed by atoms with Crippen LogP contribution in [-0.4, -0.2) is 18.0 Å². The zero-order valence-corrected chi connectivity index (χ0v) is 17.0. The van der Waals surface area contributed by atoms with Crippen molar-refractivity contribution in [2.75, 3.05) is 5.32 Å². The first-order valence-corrected chi connectivity index (χ1v) is 9.56. The summed E-state index contributed by atoms with van der Waals surface area (Å²) in [4.78, 5) is 23.8. The number of nitrogens with zero attached hydrogens (tertiary/aromatic N) is 1. The lowest BCUT2D eigenvalue weighted by atomic mass is 10.2. The van der Waals surface area contributed by atoms with Crippen molar-refractivity contribution in [2.45, 2.75) is 13.5 Å². The number of nitrogens with one attached hydrogen (secondary N) is 2. The van der Waals surface area contributed by atoms with Crippen LogP contribution in [0.15, 0.2) is 77.9 Å². The number of hydrogen-bond acceptors (Lipinski definition) is 4. The summed E-state index contributed by atoms with van der Waals surface area (Å²) >= 11 is 5.88. The number of rotatable bonds is 6. The van der Waals surface area contributed by atoms with E-state index < -0.39 is 11.8 Å². The van der Waals surface area contributed by atoms with Gasteiger partial charge >= 0.3 is 11.8 Å². The van der Waals surface area contributed by atoms with Crippen LogP contribution in [0.4, 0.5) is 5.69 Å². The van der Waals surface area contributed by atoms with E-state index in [4.69, 9.17) is 16.3 Å². The van der Waals surface area contributed by atoms with E-state index in [-0.39, 0.29) is 0 Å². The highest BCUT2D eigenvalue weighted by molar-refractivity contribution is 6.39. The van der Waals surface area contributed by atoms with Gasteiger partial charge in [0.25, 0.3) is 0 Å². The first-order chi connectivity index (χ1) is 14.5. The number of anilines is 1. The second-order valence-electron chi connectivity index (χ2n) is 6.51. The monoisotopic (exact) mass is 421 g/mol. The standard InChI is InChI=1S/C23H20ClN3O3/c1-16-4-2-6-20(12-16)26-22(28)23(29)27-25-14-18-5-3-7-21(13-18)30-15-17-8-10-19(24)11-9-17/h2-14H,15H2,1H3,(H,26,28)(H,27,29)/b25-14-. The van der Waals surface area contributed by atoms with E-state index in [1.807, 2.05) is 37.3 Å². The molecule has 2 amide bonds. The predicted octanol–water partition coefficient (Wildman–Crippen LogP) is 4.32. The predicted molar refractivity (Wildman–Crippen MR) is 118 cm³/mol. The Balaban J connectivity index is 1.51. The van der Waals surface area contributed by atoms with Crippen LogP contribution in [0, 0.1) is 6.92 Å². The fourth-order valence-electron chi connectivity index (χ4n) is 2.56. The smallest absolute Gasteiger partial charge is 0.329 e. The van der Waals surface area contributed by atoms with Gasteiger partial charge in [-0.2, -0.15) is 5.10 Å². The van der Waals surface area contributed by atoms with Gasteiger partial charge in [-0.25, -0.2) is 5.43 Å². The number of aryl methyl sites for hydroxylation is 1. The SMILES string of the molecule is Cc1cccc(NC(=O)C(=O)N/N=C\c2cccc(OCc3ccc(Cl)cc3)c2)c1. The highest BCUT2D eigenvalue weighted by atomic mass is 35.5. The summed E-state index contributed by atoms with van der Waals surface area (Å²) in [5.41, 5.74) is 5.44. The van der Waals surface area contributed by atoms with Crippen LogP contribution in [-0.2, 0) is 16.2 Å². The zero-order chi connectivity index (χ0) is 21.3. The topological polar surface area (TPSA) is 79.8 Å². The Labute approximate surface area is 179 Å².